The van der Waals surface area contributed by atoms with Crippen molar-refractivity contribution < 1.29 is 9.00 Å². The van der Waals surface area contributed by atoms with Crippen LogP contribution in [0, 0.1) is 5.92 Å². The summed E-state index contributed by atoms with van der Waals surface area (Å²) in [6, 6.07) is 8.11. The van der Waals surface area contributed by atoms with Crippen LogP contribution in [0.2, 0.25) is 10.0 Å². The molecule has 1 aromatic heterocycles. The van der Waals surface area contributed by atoms with E-state index in [1.54, 1.807) is 4.90 Å². The van der Waals surface area contributed by atoms with E-state index in [2.05, 4.69) is 10.3 Å². The van der Waals surface area contributed by atoms with Gasteiger partial charge in [0.25, 0.3) is 0 Å². The van der Waals surface area contributed by atoms with Gasteiger partial charge in [-0.3, -0.25) is 14.0 Å². The van der Waals surface area contributed by atoms with Crippen LogP contribution in [0.4, 0.5) is 5.69 Å². The molecule has 0 spiro atoms. The highest BCUT2D eigenvalue weighted by Crippen LogP contribution is 2.35. The average molecular weight is 466 g/mol. The van der Waals surface area contributed by atoms with E-state index in [9.17, 15) is 9.00 Å². The largest absolute Gasteiger partial charge is 0.380 e. The summed E-state index contributed by atoms with van der Waals surface area (Å²) in [5.74, 6) is 1.37. The zero-order valence-electron chi connectivity index (χ0n) is 16.9. The van der Waals surface area contributed by atoms with Crippen LogP contribution < -0.4 is 5.32 Å². The fourth-order valence-electron chi connectivity index (χ4n) is 4.24. The second kappa shape index (κ2) is 9.25. The molecule has 30 heavy (non-hydrogen) atoms. The second-order valence-electron chi connectivity index (χ2n) is 8.10. The van der Waals surface area contributed by atoms with Crippen LogP contribution >= 0.6 is 23.2 Å². The quantitative estimate of drug-likeness (QED) is 0.722. The number of halogens is 2. The number of nitrogens with zero attached hydrogens (tertiary/aromatic N) is 2. The number of rotatable bonds is 5. The van der Waals surface area contributed by atoms with Gasteiger partial charge in [-0.15, -0.1) is 0 Å². The third-order valence-corrected chi connectivity index (χ3v) is 8.14. The number of carbonyl (C=O) groups excluding carboxylic acids is 1. The highest BCUT2D eigenvalue weighted by molar-refractivity contribution is 7.85. The molecule has 1 aromatic carbocycles. The molecule has 1 unspecified atom stereocenters. The summed E-state index contributed by atoms with van der Waals surface area (Å²) in [6.07, 6.45) is 4.97. The maximum Gasteiger partial charge on any atom is 0.225 e. The first-order valence-corrected chi connectivity index (χ1v) is 12.4. The number of carbonyl (C=O) groups is 1. The Morgan fingerprint density at radius 2 is 1.97 bits per heavy atom. The minimum atomic E-state index is -0.753. The Morgan fingerprint density at radius 1 is 1.20 bits per heavy atom. The summed E-state index contributed by atoms with van der Waals surface area (Å²) in [5, 5.41) is 4.78. The Bertz CT molecular complexity index is 958. The van der Waals surface area contributed by atoms with Gasteiger partial charge in [-0.05, 0) is 55.0 Å². The maximum atomic E-state index is 12.6. The number of anilines is 1. The van der Waals surface area contributed by atoms with Crippen molar-refractivity contribution in [2.24, 2.45) is 5.92 Å². The van der Waals surface area contributed by atoms with E-state index in [0.717, 1.165) is 29.8 Å². The number of amides is 1. The van der Waals surface area contributed by atoms with Crippen molar-refractivity contribution in [2.75, 3.05) is 23.9 Å². The van der Waals surface area contributed by atoms with E-state index < -0.39 is 10.8 Å². The number of benzene rings is 1. The Hall–Kier alpha value is -1.63. The Morgan fingerprint density at radius 3 is 2.67 bits per heavy atom. The van der Waals surface area contributed by atoms with Crippen molar-refractivity contribution in [2.45, 2.75) is 38.3 Å². The molecular weight excluding hydrogens is 441 g/mol. The fourth-order valence-corrected chi connectivity index (χ4v) is 5.98. The first kappa shape index (κ1) is 21.6. The lowest BCUT2D eigenvalue weighted by molar-refractivity contribution is -0.135. The molecule has 160 valence electrons. The predicted molar refractivity (Wildman–Crippen MR) is 123 cm³/mol. The van der Waals surface area contributed by atoms with E-state index in [1.165, 1.54) is 5.56 Å². The van der Waals surface area contributed by atoms with Gasteiger partial charge in [0.1, 0.15) is 0 Å². The van der Waals surface area contributed by atoms with Gasteiger partial charge in [0.05, 0.1) is 34.2 Å². The van der Waals surface area contributed by atoms with Crippen molar-refractivity contribution >= 4 is 45.6 Å². The second-order valence-corrected chi connectivity index (χ2v) is 10.6. The van der Waals surface area contributed by atoms with Gasteiger partial charge in [-0.2, -0.15) is 0 Å². The van der Waals surface area contributed by atoms with Gasteiger partial charge < -0.3 is 10.2 Å². The number of fused-ring (bicyclic) bond motifs is 1. The third-order valence-electron chi connectivity index (χ3n) is 5.92. The topological polar surface area (TPSA) is 62.3 Å². The van der Waals surface area contributed by atoms with Crippen molar-refractivity contribution in [1.29, 1.82) is 0 Å². The predicted octanol–water partition coefficient (Wildman–Crippen LogP) is 4.08. The summed E-state index contributed by atoms with van der Waals surface area (Å²) in [5.41, 5.74) is 4.15. The Labute approximate surface area is 189 Å². The smallest absolute Gasteiger partial charge is 0.225 e. The molecule has 2 heterocycles. The van der Waals surface area contributed by atoms with Gasteiger partial charge in [-0.25, -0.2) is 0 Å². The van der Waals surface area contributed by atoms with E-state index in [0.29, 0.717) is 40.9 Å². The van der Waals surface area contributed by atoms with E-state index in [-0.39, 0.29) is 17.9 Å². The van der Waals surface area contributed by atoms with Crippen molar-refractivity contribution in [3.05, 3.63) is 57.3 Å². The first-order chi connectivity index (χ1) is 14.4. The van der Waals surface area contributed by atoms with E-state index >= 15 is 0 Å². The van der Waals surface area contributed by atoms with Gasteiger partial charge in [0, 0.05) is 41.3 Å². The molecule has 1 saturated heterocycles. The van der Waals surface area contributed by atoms with Crippen LogP contribution in [0.25, 0.3) is 0 Å². The summed E-state index contributed by atoms with van der Waals surface area (Å²) >= 11 is 12.5. The average Bonchev–Trinajstić information content (AvgIpc) is 3.15. The van der Waals surface area contributed by atoms with Gasteiger partial charge >= 0.3 is 0 Å². The van der Waals surface area contributed by atoms with Crippen LogP contribution in [0.15, 0.2) is 30.5 Å². The molecule has 0 bridgehead atoms. The van der Waals surface area contributed by atoms with Gasteiger partial charge in [0.15, 0.2) is 0 Å². The molecule has 0 saturated carbocycles. The number of hydrogen-bond acceptors (Lipinski definition) is 4. The molecule has 1 atom stereocenters. The molecule has 1 aliphatic heterocycles. The minimum Gasteiger partial charge on any atom is -0.380 e. The van der Waals surface area contributed by atoms with Crippen molar-refractivity contribution in [3.63, 3.8) is 0 Å². The lowest BCUT2D eigenvalue weighted by Gasteiger charge is -2.26. The lowest BCUT2D eigenvalue weighted by Crippen LogP contribution is -2.36. The zero-order chi connectivity index (χ0) is 21.3. The van der Waals surface area contributed by atoms with E-state index in [1.807, 2.05) is 37.5 Å². The van der Waals surface area contributed by atoms with Crippen LogP contribution in [0.3, 0.4) is 0 Å². The summed E-state index contributed by atoms with van der Waals surface area (Å²) in [6.45, 7) is 0.474. The van der Waals surface area contributed by atoms with Gasteiger partial charge in [0.2, 0.25) is 5.91 Å². The van der Waals surface area contributed by atoms with Gasteiger partial charge in [-0.1, -0.05) is 29.3 Å². The van der Waals surface area contributed by atoms with Crippen molar-refractivity contribution in [1.82, 2.24) is 9.88 Å². The fraction of sp³-hybridized carbons (Fsp3) is 0.455. The van der Waals surface area contributed by atoms with Crippen LogP contribution in [0.5, 0.6) is 0 Å². The van der Waals surface area contributed by atoms with Crippen LogP contribution in [0.1, 0.15) is 29.7 Å². The molecule has 4 rings (SSSR count). The standard InChI is InChI=1S/C22H25Cl2N3O2S/c1-27(22(28)14-6-8-30(29)9-7-14)13-17-4-3-16(12-25-17)26-18-10-15-2-5-20(23)21(24)19(15)11-18/h2-5,12,14,18,26H,6-11,13H2,1H3. The highest BCUT2D eigenvalue weighted by atomic mass is 35.5. The number of hydrogen-bond donors (Lipinski definition) is 1. The number of pyridine rings is 1. The highest BCUT2D eigenvalue weighted by Gasteiger charge is 2.27. The van der Waals surface area contributed by atoms with E-state index in [4.69, 9.17) is 23.2 Å². The third kappa shape index (κ3) is 4.82. The summed E-state index contributed by atoms with van der Waals surface area (Å²) in [7, 11) is 1.06. The lowest BCUT2D eigenvalue weighted by atomic mass is 10.0. The molecule has 2 aromatic rings. The molecule has 1 N–H and O–H groups in total. The maximum absolute atomic E-state index is 12.6. The normalized spacial score (nSPS) is 23.1. The minimum absolute atomic E-state index is 0.0158. The Kier molecular flexibility index (Phi) is 6.66. The first-order valence-electron chi connectivity index (χ1n) is 10.2. The number of aromatic nitrogens is 1. The molecular formula is C22H25Cl2N3O2S. The van der Waals surface area contributed by atoms with Crippen LogP contribution in [-0.4, -0.2) is 44.6 Å². The molecule has 0 radical (unpaired) electrons. The molecule has 2 aliphatic rings. The summed E-state index contributed by atoms with van der Waals surface area (Å²) in [4.78, 5) is 18.9. The molecule has 5 nitrogen and oxygen atoms in total. The monoisotopic (exact) mass is 465 g/mol. The summed E-state index contributed by atoms with van der Waals surface area (Å²) < 4.78 is 11.5. The molecule has 1 fully saturated rings. The Balaban J connectivity index is 1.32. The zero-order valence-corrected chi connectivity index (χ0v) is 19.2. The SMILES string of the molecule is CN(Cc1ccc(NC2Cc3ccc(Cl)c(Cl)c3C2)cn1)C(=O)C1CCS(=O)CC1. The molecule has 8 heteroatoms. The van der Waals surface area contributed by atoms with Crippen LogP contribution in [-0.2, 0) is 35.0 Å². The van der Waals surface area contributed by atoms with Crippen molar-refractivity contribution in [3.8, 4) is 0 Å². The number of nitrogens with one attached hydrogen (secondary N) is 1. The molecule has 1 amide bonds. The molecule has 1 aliphatic carbocycles.